The minimum absolute atomic E-state index is 0.507. The quantitative estimate of drug-likeness (QED) is 0.566. The largest absolute Gasteiger partial charge is 0.0773 e. The zero-order valence-electron chi connectivity index (χ0n) is 12.8. The summed E-state index contributed by atoms with van der Waals surface area (Å²) < 4.78 is 0. The molecular formula is C20H22. The molecule has 0 atom stereocenters. The minimum Gasteiger partial charge on any atom is -0.0773 e. The van der Waals surface area contributed by atoms with E-state index in [9.17, 15) is 0 Å². The van der Waals surface area contributed by atoms with E-state index in [1.807, 2.05) is 0 Å². The number of allylic oxidation sites excluding steroid dienone is 4. The normalized spacial score (nSPS) is 17.8. The van der Waals surface area contributed by atoms with Crippen molar-refractivity contribution in [3.63, 3.8) is 0 Å². The van der Waals surface area contributed by atoms with Gasteiger partial charge in [-0.05, 0) is 59.1 Å². The summed E-state index contributed by atoms with van der Waals surface area (Å²) in [5.74, 6) is 1.01. The van der Waals surface area contributed by atoms with E-state index in [-0.39, 0.29) is 0 Å². The molecule has 0 aliphatic heterocycles. The molecule has 102 valence electrons. The van der Waals surface area contributed by atoms with E-state index in [1.165, 1.54) is 33.4 Å². The predicted octanol–water partition coefficient (Wildman–Crippen LogP) is 5.66. The summed E-state index contributed by atoms with van der Waals surface area (Å²) in [7, 11) is 0. The molecule has 0 saturated carbocycles. The van der Waals surface area contributed by atoms with Crippen molar-refractivity contribution < 1.29 is 0 Å². The Hall–Kier alpha value is -1.82. The zero-order chi connectivity index (χ0) is 14.3. The SMILES string of the molecule is Cc1c2c(c(C)c3c1C=CC(C)C=C3)C=CC(C)C=C2. The maximum atomic E-state index is 2.30. The van der Waals surface area contributed by atoms with Crippen molar-refractivity contribution in [2.24, 2.45) is 11.8 Å². The van der Waals surface area contributed by atoms with Crippen molar-refractivity contribution >= 4 is 24.3 Å². The Labute approximate surface area is 122 Å². The summed E-state index contributed by atoms with van der Waals surface area (Å²) in [6, 6.07) is 0. The Morgan fingerprint density at radius 1 is 0.550 bits per heavy atom. The predicted molar refractivity (Wildman–Crippen MR) is 90.4 cm³/mol. The molecule has 0 bridgehead atoms. The first-order valence-corrected chi connectivity index (χ1v) is 7.48. The third kappa shape index (κ3) is 2.10. The molecule has 0 unspecified atom stereocenters. The number of hydrogen-bond donors (Lipinski definition) is 0. The fraction of sp³-hybridized carbons (Fsp3) is 0.300. The van der Waals surface area contributed by atoms with Gasteiger partial charge in [0.15, 0.2) is 0 Å². The number of rotatable bonds is 0. The second-order valence-corrected chi connectivity index (χ2v) is 6.06. The van der Waals surface area contributed by atoms with Crippen LogP contribution in [0.1, 0.15) is 47.2 Å². The van der Waals surface area contributed by atoms with E-state index in [0.29, 0.717) is 11.8 Å². The van der Waals surface area contributed by atoms with E-state index in [0.717, 1.165) is 0 Å². The molecule has 0 fully saturated rings. The molecule has 0 N–H and O–H groups in total. The van der Waals surface area contributed by atoms with Gasteiger partial charge >= 0.3 is 0 Å². The van der Waals surface area contributed by atoms with Crippen LogP contribution in [0.3, 0.4) is 0 Å². The van der Waals surface area contributed by atoms with Gasteiger partial charge < -0.3 is 0 Å². The highest BCUT2D eigenvalue weighted by Crippen LogP contribution is 2.35. The first kappa shape index (κ1) is 13.2. The van der Waals surface area contributed by atoms with Crippen LogP contribution in [0.4, 0.5) is 0 Å². The van der Waals surface area contributed by atoms with Gasteiger partial charge in [0, 0.05) is 0 Å². The molecule has 0 amide bonds. The highest BCUT2D eigenvalue weighted by atomic mass is 14.2. The van der Waals surface area contributed by atoms with Crippen LogP contribution in [0.2, 0.25) is 0 Å². The molecule has 0 radical (unpaired) electrons. The molecule has 2 aliphatic carbocycles. The van der Waals surface area contributed by atoms with Crippen LogP contribution in [0, 0.1) is 25.7 Å². The highest BCUT2D eigenvalue weighted by molar-refractivity contribution is 5.83. The van der Waals surface area contributed by atoms with Crippen LogP contribution in [0.25, 0.3) is 24.3 Å². The van der Waals surface area contributed by atoms with E-state index in [1.54, 1.807) is 0 Å². The van der Waals surface area contributed by atoms with Crippen molar-refractivity contribution in [2.75, 3.05) is 0 Å². The molecular weight excluding hydrogens is 240 g/mol. The Morgan fingerprint density at radius 3 is 1.05 bits per heavy atom. The second-order valence-electron chi connectivity index (χ2n) is 6.06. The molecule has 0 spiro atoms. The summed E-state index contributed by atoms with van der Waals surface area (Å²) >= 11 is 0. The van der Waals surface area contributed by atoms with Crippen molar-refractivity contribution in [1.82, 2.24) is 0 Å². The van der Waals surface area contributed by atoms with Crippen LogP contribution in [0.5, 0.6) is 0 Å². The molecule has 0 heteroatoms. The molecule has 20 heavy (non-hydrogen) atoms. The fourth-order valence-electron chi connectivity index (χ4n) is 3.08. The minimum atomic E-state index is 0.507. The highest BCUT2D eigenvalue weighted by Gasteiger charge is 2.16. The van der Waals surface area contributed by atoms with Crippen LogP contribution in [-0.4, -0.2) is 0 Å². The average Bonchev–Trinajstić information content (AvgIpc) is 2.73. The standard InChI is InChI=1S/C20H22/c1-13-5-9-17-15(3)19-11-7-14(2)8-12-20(19)16(4)18(17)10-6-13/h5-14H,1-4H3. The van der Waals surface area contributed by atoms with Gasteiger partial charge in [-0.2, -0.15) is 0 Å². The summed E-state index contributed by atoms with van der Waals surface area (Å²) in [5, 5.41) is 0. The Bertz CT molecular complexity index is 554. The molecule has 2 aliphatic rings. The summed E-state index contributed by atoms with van der Waals surface area (Å²) in [6.07, 6.45) is 18.4. The van der Waals surface area contributed by atoms with Gasteiger partial charge in [0.2, 0.25) is 0 Å². The van der Waals surface area contributed by atoms with Gasteiger partial charge in [-0.15, -0.1) is 0 Å². The number of fused-ring (bicyclic) bond motifs is 2. The molecule has 0 saturated heterocycles. The average molecular weight is 262 g/mol. The molecule has 3 rings (SSSR count). The Morgan fingerprint density at radius 2 is 0.800 bits per heavy atom. The van der Waals surface area contributed by atoms with E-state index < -0.39 is 0 Å². The lowest BCUT2D eigenvalue weighted by Gasteiger charge is -2.17. The van der Waals surface area contributed by atoms with Crippen molar-refractivity contribution in [1.29, 1.82) is 0 Å². The van der Waals surface area contributed by atoms with Gasteiger partial charge in [-0.1, -0.05) is 62.5 Å². The van der Waals surface area contributed by atoms with Crippen molar-refractivity contribution in [2.45, 2.75) is 27.7 Å². The van der Waals surface area contributed by atoms with Crippen molar-refractivity contribution in [3.8, 4) is 0 Å². The smallest absolute Gasteiger partial charge is 0.00752 e. The topological polar surface area (TPSA) is 0 Å². The first-order valence-electron chi connectivity index (χ1n) is 7.48. The fourth-order valence-corrected chi connectivity index (χ4v) is 3.08. The molecule has 1 aromatic rings. The van der Waals surface area contributed by atoms with Gasteiger partial charge in [0.05, 0.1) is 0 Å². The van der Waals surface area contributed by atoms with Crippen LogP contribution in [0.15, 0.2) is 24.3 Å². The van der Waals surface area contributed by atoms with Crippen LogP contribution < -0.4 is 0 Å². The first-order chi connectivity index (χ1) is 9.58. The van der Waals surface area contributed by atoms with Crippen LogP contribution in [-0.2, 0) is 0 Å². The lowest BCUT2D eigenvalue weighted by molar-refractivity contribution is 0.953. The monoisotopic (exact) mass is 262 g/mol. The molecule has 0 nitrogen and oxygen atoms in total. The Kier molecular flexibility index (Phi) is 3.25. The van der Waals surface area contributed by atoms with Gasteiger partial charge in [-0.25, -0.2) is 0 Å². The number of hydrogen-bond acceptors (Lipinski definition) is 0. The third-order valence-corrected chi connectivity index (χ3v) is 4.46. The molecule has 0 aromatic heterocycles. The van der Waals surface area contributed by atoms with Gasteiger partial charge in [0.1, 0.15) is 0 Å². The molecule has 1 aromatic carbocycles. The van der Waals surface area contributed by atoms with E-state index >= 15 is 0 Å². The third-order valence-electron chi connectivity index (χ3n) is 4.46. The van der Waals surface area contributed by atoms with E-state index in [2.05, 4.69) is 76.3 Å². The van der Waals surface area contributed by atoms with E-state index in [4.69, 9.17) is 0 Å². The van der Waals surface area contributed by atoms with Crippen LogP contribution >= 0.6 is 0 Å². The maximum Gasteiger partial charge on any atom is -0.00752 e. The number of benzene rings is 1. The second kappa shape index (κ2) is 4.94. The van der Waals surface area contributed by atoms with Crippen molar-refractivity contribution in [3.05, 3.63) is 57.7 Å². The molecule has 0 heterocycles. The lowest BCUT2D eigenvalue weighted by atomic mass is 9.87. The zero-order valence-corrected chi connectivity index (χ0v) is 12.8. The maximum absolute atomic E-state index is 2.30. The Balaban J connectivity index is 2.33. The summed E-state index contributed by atoms with van der Waals surface area (Å²) in [4.78, 5) is 0. The summed E-state index contributed by atoms with van der Waals surface area (Å²) in [6.45, 7) is 8.96. The van der Waals surface area contributed by atoms with Gasteiger partial charge in [0.25, 0.3) is 0 Å². The summed E-state index contributed by atoms with van der Waals surface area (Å²) in [5.41, 5.74) is 8.32. The lowest BCUT2D eigenvalue weighted by Crippen LogP contribution is -1.99. The van der Waals surface area contributed by atoms with Gasteiger partial charge in [-0.3, -0.25) is 0 Å².